The summed E-state index contributed by atoms with van der Waals surface area (Å²) in [6, 6.07) is 24.7. The van der Waals surface area contributed by atoms with Gasteiger partial charge >= 0.3 is 5.65 Å². The molecular weight excluding hydrogens is 332 g/mol. The number of benzene rings is 2. The minimum absolute atomic E-state index is 0. The quantitative estimate of drug-likeness (QED) is 0.559. The zero-order valence-electron chi connectivity index (χ0n) is 14.1. The van der Waals surface area contributed by atoms with E-state index < -0.39 is 0 Å². The molecule has 2 aromatic carbocycles. The van der Waals surface area contributed by atoms with Gasteiger partial charge in [-0.15, -0.1) is 0 Å². The lowest BCUT2D eigenvalue weighted by molar-refractivity contribution is -0.578. The van der Waals surface area contributed by atoms with Crippen molar-refractivity contribution in [3.63, 3.8) is 0 Å². The Hall–Kier alpha value is -2.85. The van der Waals surface area contributed by atoms with E-state index in [2.05, 4.69) is 60.1 Å². The lowest BCUT2D eigenvalue weighted by Crippen LogP contribution is -3.00. The number of halogens is 1. The molecule has 0 bridgehead atoms. The van der Waals surface area contributed by atoms with E-state index in [1.165, 1.54) is 5.69 Å². The standard InChI is InChI=1S/C20H19N4.ClH/c1-15-13-16(2)24-20(23(15)18-11-7-4-8-12-18)14-19(22-24)21-17-9-5-3-6-10-17;/h3-14H,1-2H3,(H,21,22);1H/q+1;/p-1. The van der Waals surface area contributed by atoms with Crippen molar-refractivity contribution in [2.24, 2.45) is 0 Å². The summed E-state index contributed by atoms with van der Waals surface area (Å²) in [5, 5.41) is 8.09. The highest BCUT2D eigenvalue weighted by Crippen LogP contribution is 2.18. The molecule has 25 heavy (non-hydrogen) atoms. The molecule has 0 spiro atoms. The van der Waals surface area contributed by atoms with E-state index in [9.17, 15) is 0 Å². The van der Waals surface area contributed by atoms with Gasteiger partial charge in [0.05, 0.1) is 6.07 Å². The first-order valence-corrected chi connectivity index (χ1v) is 8.02. The van der Waals surface area contributed by atoms with Gasteiger partial charge in [0.15, 0.2) is 5.82 Å². The van der Waals surface area contributed by atoms with Crippen LogP contribution >= 0.6 is 0 Å². The van der Waals surface area contributed by atoms with E-state index in [0.29, 0.717) is 0 Å². The van der Waals surface area contributed by atoms with Crippen LogP contribution in [0.4, 0.5) is 11.5 Å². The van der Waals surface area contributed by atoms with Crippen LogP contribution in [0, 0.1) is 13.8 Å². The van der Waals surface area contributed by atoms with Gasteiger partial charge in [-0.2, -0.15) is 4.57 Å². The molecule has 126 valence electrons. The molecule has 5 heteroatoms. The van der Waals surface area contributed by atoms with Crippen molar-refractivity contribution in [3.8, 4) is 5.69 Å². The van der Waals surface area contributed by atoms with Crippen molar-refractivity contribution in [1.29, 1.82) is 0 Å². The molecule has 0 aliphatic heterocycles. The van der Waals surface area contributed by atoms with Gasteiger partial charge in [0.25, 0.3) is 0 Å². The zero-order valence-corrected chi connectivity index (χ0v) is 14.9. The Morgan fingerprint density at radius 2 is 1.52 bits per heavy atom. The second-order valence-corrected chi connectivity index (χ2v) is 5.89. The predicted octanol–water partition coefficient (Wildman–Crippen LogP) is 0.975. The van der Waals surface area contributed by atoms with E-state index in [1.807, 2.05) is 40.9 Å². The van der Waals surface area contributed by atoms with Gasteiger partial charge in [-0.05, 0) is 31.2 Å². The Morgan fingerprint density at radius 3 is 2.20 bits per heavy atom. The highest BCUT2D eigenvalue weighted by Gasteiger charge is 2.20. The molecule has 2 heterocycles. The Morgan fingerprint density at radius 1 is 0.880 bits per heavy atom. The van der Waals surface area contributed by atoms with Crippen molar-refractivity contribution >= 4 is 17.2 Å². The molecular formula is C20H19ClN4. The fourth-order valence-corrected chi connectivity index (χ4v) is 3.04. The number of nitrogens with one attached hydrogen (secondary N) is 1. The van der Waals surface area contributed by atoms with Crippen LogP contribution in [0.2, 0.25) is 0 Å². The second-order valence-electron chi connectivity index (χ2n) is 5.89. The SMILES string of the molecule is Cc1cc(C)[n+](-c2ccccc2)c2cc(Nc3ccccc3)nn12.[Cl-]. The molecule has 0 amide bonds. The Kier molecular flexibility index (Phi) is 4.72. The average molecular weight is 351 g/mol. The van der Waals surface area contributed by atoms with E-state index in [1.54, 1.807) is 0 Å². The Balaban J connectivity index is 0.00000182. The molecule has 4 rings (SSSR count). The van der Waals surface area contributed by atoms with Gasteiger partial charge in [0.2, 0.25) is 0 Å². The maximum atomic E-state index is 4.72. The lowest BCUT2D eigenvalue weighted by atomic mass is 10.2. The van der Waals surface area contributed by atoms with Gasteiger partial charge in [-0.3, -0.25) is 0 Å². The summed E-state index contributed by atoms with van der Waals surface area (Å²) >= 11 is 0. The Labute approximate surface area is 153 Å². The number of rotatable bonds is 3. The lowest BCUT2D eigenvalue weighted by Gasteiger charge is -2.05. The van der Waals surface area contributed by atoms with Crippen molar-refractivity contribution in [1.82, 2.24) is 9.61 Å². The molecule has 0 saturated carbocycles. The number of aromatic nitrogens is 3. The minimum atomic E-state index is 0. The number of anilines is 2. The summed E-state index contributed by atoms with van der Waals surface area (Å²) in [6.07, 6.45) is 0. The van der Waals surface area contributed by atoms with Crippen LogP contribution in [-0.4, -0.2) is 9.61 Å². The minimum Gasteiger partial charge on any atom is -1.00 e. The molecule has 0 atom stereocenters. The van der Waals surface area contributed by atoms with E-state index >= 15 is 0 Å². The summed E-state index contributed by atoms with van der Waals surface area (Å²) in [7, 11) is 0. The van der Waals surface area contributed by atoms with Gasteiger partial charge in [-0.25, -0.2) is 0 Å². The van der Waals surface area contributed by atoms with Crippen LogP contribution in [0.5, 0.6) is 0 Å². The number of nitrogens with zero attached hydrogens (tertiary/aromatic N) is 3. The highest BCUT2D eigenvalue weighted by molar-refractivity contribution is 5.59. The summed E-state index contributed by atoms with van der Waals surface area (Å²) in [5.74, 6) is 0.833. The number of hydrogen-bond acceptors (Lipinski definition) is 2. The molecule has 0 aliphatic rings. The first-order chi connectivity index (χ1) is 11.7. The van der Waals surface area contributed by atoms with Gasteiger partial charge in [0.1, 0.15) is 17.1 Å². The summed E-state index contributed by atoms with van der Waals surface area (Å²) in [6.45, 7) is 4.20. The van der Waals surface area contributed by atoms with Crippen LogP contribution in [0.1, 0.15) is 11.4 Å². The van der Waals surface area contributed by atoms with Crippen LogP contribution in [0.15, 0.2) is 72.8 Å². The summed E-state index contributed by atoms with van der Waals surface area (Å²) in [4.78, 5) is 0. The van der Waals surface area contributed by atoms with E-state index in [0.717, 1.165) is 28.5 Å². The first kappa shape index (κ1) is 17.0. The topological polar surface area (TPSA) is 33.2 Å². The molecule has 4 nitrogen and oxygen atoms in total. The average Bonchev–Trinajstić information content (AvgIpc) is 3.00. The molecule has 0 saturated heterocycles. The molecule has 2 aromatic heterocycles. The maximum Gasteiger partial charge on any atom is 0.316 e. The smallest absolute Gasteiger partial charge is 0.316 e. The second kappa shape index (κ2) is 6.95. The summed E-state index contributed by atoms with van der Waals surface area (Å²) < 4.78 is 4.20. The van der Waals surface area contributed by atoms with E-state index in [4.69, 9.17) is 5.10 Å². The van der Waals surface area contributed by atoms with Gasteiger partial charge in [0, 0.05) is 18.7 Å². The number of para-hydroxylation sites is 2. The fraction of sp³-hybridized carbons (Fsp3) is 0.100. The first-order valence-electron chi connectivity index (χ1n) is 8.02. The van der Waals surface area contributed by atoms with Crippen LogP contribution in [0.25, 0.3) is 11.3 Å². The molecule has 0 radical (unpaired) electrons. The third kappa shape index (κ3) is 3.21. The maximum absolute atomic E-state index is 4.72. The molecule has 0 aliphatic carbocycles. The molecule has 1 N–H and O–H groups in total. The highest BCUT2D eigenvalue weighted by atomic mass is 35.5. The third-order valence-electron chi connectivity index (χ3n) is 4.08. The van der Waals surface area contributed by atoms with E-state index in [-0.39, 0.29) is 12.4 Å². The van der Waals surface area contributed by atoms with Crippen LogP contribution in [-0.2, 0) is 0 Å². The van der Waals surface area contributed by atoms with Gasteiger partial charge in [-0.1, -0.05) is 46.0 Å². The zero-order chi connectivity index (χ0) is 16.5. The van der Waals surface area contributed by atoms with Gasteiger partial charge < -0.3 is 17.7 Å². The fourth-order valence-electron chi connectivity index (χ4n) is 3.04. The monoisotopic (exact) mass is 350 g/mol. The third-order valence-corrected chi connectivity index (χ3v) is 4.08. The largest absolute Gasteiger partial charge is 1.00 e. The summed E-state index contributed by atoms with van der Waals surface area (Å²) in [5.41, 5.74) is 5.48. The molecule has 0 fully saturated rings. The van der Waals surface area contributed by atoms with Crippen molar-refractivity contribution in [3.05, 3.63) is 84.2 Å². The number of aryl methyl sites for hydroxylation is 2. The van der Waals surface area contributed by atoms with Crippen molar-refractivity contribution in [2.75, 3.05) is 5.32 Å². The number of fused-ring (bicyclic) bond motifs is 1. The predicted molar refractivity (Wildman–Crippen MR) is 95.9 cm³/mol. The molecule has 0 unspecified atom stereocenters. The van der Waals surface area contributed by atoms with Crippen molar-refractivity contribution < 1.29 is 17.0 Å². The number of hydrogen-bond donors (Lipinski definition) is 1. The molecule has 4 aromatic rings. The van der Waals surface area contributed by atoms with Crippen LogP contribution < -0.4 is 22.3 Å². The van der Waals surface area contributed by atoms with Crippen molar-refractivity contribution in [2.45, 2.75) is 13.8 Å². The normalized spacial score (nSPS) is 10.5. The Bertz CT molecular complexity index is 995. The van der Waals surface area contributed by atoms with Crippen LogP contribution in [0.3, 0.4) is 0 Å².